The SMILES string of the molecule is Cc1ccc(N(c2ccccc2)c2ccc3cc4c(cc3c2)C2(c3cc5cc(N(c6ccccc6)c6ccc(C)c(C)c6)ccc5cc3-4)c3ccccc3-c3c2ccc2ccccc32)cc1C. The minimum absolute atomic E-state index is 0.546. The number of rotatable bonds is 6. The molecular weight excluding hydrogens is 809 g/mol. The van der Waals surface area contributed by atoms with Crippen molar-refractivity contribution in [3.05, 3.63) is 263 Å². The van der Waals surface area contributed by atoms with Gasteiger partial charge in [-0.15, -0.1) is 0 Å². The molecule has 11 aromatic carbocycles. The quantitative estimate of drug-likeness (QED) is 0.164. The van der Waals surface area contributed by atoms with Crippen LogP contribution in [0.1, 0.15) is 44.5 Å². The molecule has 0 atom stereocenters. The van der Waals surface area contributed by atoms with E-state index in [2.05, 4.69) is 256 Å². The molecule has 0 bridgehead atoms. The van der Waals surface area contributed by atoms with Crippen molar-refractivity contribution in [2.75, 3.05) is 9.80 Å². The van der Waals surface area contributed by atoms with E-state index >= 15 is 0 Å². The minimum atomic E-state index is -0.546. The number of aryl methyl sites for hydroxylation is 4. The van der Waals surface area contributed by atoms with E-state index in [0.29, 0.717) is 0 Å². The maximum atomic E-state index is 2.53. The van der Waals surface area contributed by atoms with Crippen LogP contribution in [0.25, 0.3) is 54.6 Å². The van der Waals surface area contributed by atoms with Crippen molar-refractivity contribution >= 4 is 66.4 Å². The van der Waals surface area contributed by atoms with Gasteiger partial charge in [-0.25, -0.2) is 0 Å². The summed E-state index contributed by atoms with van der Waals surface area (Å²) in [6, 6.07) is 82.2. The molecule has 0 radical (unpaired) electrons. The molecule has 13 rings (SSSR count). The third-order valence-corrected chi connectivity index (χ3v) is 15.0. The summed E-state index contributed by atoms with van der Waals surface area (Å²) >= 11 is 0. The van der Waals surface area contributed by atoms with E-state index < -0.39 is 5.41 Å². The summed E-state index contributed by atoms with van der Waals surface area (Å²) in [6.07, 6.45) is 0. The molecular formula is C65H48N2. The van der Waals surface area contributed by atoms with E-state index in [1.54, 1.807) is 0 Å². The van der Waals surface area contributed by atoms with Crippen molar-refractivity contribution < 1.29 is 0 Å². The number of hydrogen-bond donors (Lipinski definition) is 0. The van der Waals surface area contributed by atoms with Crippen LogP contribution in [0.4, 0.5) is 34.1 Å². The molecule has 0 saturated heterocycles. The van der Waals surface area contributed by atoms with E-state index in [-0.39, 0.29) is 0 Å². The van der Waals surface area contributed by atoms with Crippen molar-refractivity contribution in [3.8, 4) is 22.3 Å². The third-order valence-electron chi connectivity index (χ3n) is 15.0. The van der Waals surface area contributed by atoms with Crippen LogP contribution in [0, 0.1) is 27.7 Å². The van der Waals surface area contributed by atoms with Crippen molar-refractivity contribution in [2.24, 2.45) is 0 Å². The molecule has 0 fully saturated rings. The first-order valence-corrected chi connectivity index (χ1v) is 23.5. The lowest BCUT2D eigenvalue weighted by Gasteiger charge is -2.31. The summed E-state index contributed by atoms with van der Waals surface area (Å²) in [4.78, 5) is 4.80. The molecule has 0 amide bonds. The average Bonchev–Trinajstić information content (AvgIpc) is 3.82. The molecule has 0 aromatic heterocycles. The standard InChI is InChI=1S/C65H48N2/c1-41-23-28-52(33-43(41)3)66(50-16-7-5-8-17-50)54-30-25-46-37-58-59-38-47-26-31-55(67(51-18-9-6-10-19-51)53-29-24-42(2)44(4)34-53)36-49(47)40-63(59)65(62(58)39-48(46)35-54)60-22-14-13-21-57(60)64-56-20-12-11-15-45(56)27-32-61(64)65/h5-40H,1-4H3. The molecule has 0 saturated carbocycles. The predicted molar refractivity (Wildman–Crippen MR) is 284 cm³/mol. The van der Waals surface area contributed by atoms with Crippen molar-refractivity contribution in [2.45, 2.75) is 33.1 Å². The molecule has 1 spiro atoms. The Balaban J connectivity index is 1.08. The normalized spacial score (nSPS) is 12.9. The maximum absolute atomic E-state index is 2.53. The van der Waals surface area contributed by atoms with Crippen LogP contribution in [0.5, 0.6) is 0 Å². The molecule has 2 aliphatic carbocycles. The number of hydrogen-bond acceptors (Lipinski definition) is 2. The predicted octanol–water partition coefficient (Wildman–Crippen LogP) is 17.7. The molecule has 0 aliphatic heterocycles. The summed E-state index contributed by atoms with van der Waals surface area (Å²) in [5.41, 5.74) is 22.0. The number of anilines is 6. The molecule has 2 nitrogen and oxygen atoms in total. The Bertz CT molecular complexity index is 3620. The van der Waals surface area contributed by atoms with Gasteiger partial charge in [0.25, 0.3) is 0 Å². The Hall–Kier alpha value is -8.20. The Labute approximate surface area is 392 Å². The minimum Gasteiger partial charge on any atom is -0.310 e. The molecule has 2 aliphatic rings. The van der Waals surface area contributed by atoms with E-state index in [0.717, 1.165) is 34.1 Å². The molecule has 2 heteroatoms. The summed E-state index contributed by atoms with van der Waals surface area (Å²) in [7, 11) is 0. The summed E-state index contributed by atoms with van der Waals surface area (Å²) in [6.45, 7) is 8.79. The fourth-order valence-corrected chi connectivity index (χ4v) is 11.5. The van der Waals surface area contributed by atoms with Gasteiger partial charge in [-0.1, -0.05) is 121 Å². The van der Waals surface area contributed by atoms with Crippen LogP contribution in [0.15, 0.2) is 218 Å². The Morgan fingerprint density at radius 1 is 0.269 bits per heavy atom. The first-order valence-electron chi connectivity index (χ1n) is 23.5. The molecule has 67 heavy (non-hydrogen) atoms. The first kappa shape index (κ1) is 39.2. The molecule has 0 N–H and O–H groups in total. The first-order chi connectivity index (χ1) is 32.8. The van der Waals surface area contributed by atoms with Crippen LogP contribution in [-0.2, 0) is 5.41 Å². The second-order valence-electron chi connectivity index (χ2n) is 18.7. The zero-order valence-electron chi connectivity index (χ0n) is 38.2. The van der Waals surface area contributed by atoms with Crippen molar-refractivity contribution in [1.82, 2.24) is 0 Å². The number of para-hydroxylation sites is 2. The molecule has 318 valence electrons. The highest BCUT2D eigenvalue weighted by atomic mass is 15.1. The second-order valence-corrected chi connectivity index (χ2v) is 18.7. The van der Waals surface area contributed by atoms with Gasteiger partial charge < -0.3 is 9.80 Å². The van der Waals surface area contributed by atoms with Crippen LogP contribution in [0.3, 0.4) is 0 Å². The van der Waals surface area contributed by atoms with Gasteiger partial charge in [-0.05, 0) is 224 Å². The fraction of sp³-hybridized carbons (Fsp3) is 0.0769. The third kappa shape index (κ3) is 5.89. The van der Waals surface area contributed by atoms with Gasteiger partial charge >= 0.3 is 0 Å². The fourth-order valence-electron chi connectivity index (χ4n) is 11.5. The van der Waals surface area contributed by atoms with Gasteiger partial charge in [0.05, 0.1) is 5.41 Å². The molecule has 0 unspecified atom stereocenters. The van der Waals surface area contributed by atoms with Crippen LogP contribution in [0.2, 0.25) is 0 Å². The van der Waals surface area contributed by atoms with Gasteiger partial charge in [-0.2, -0.15) is 0 Å². The van der Waals surface area contributed by atoms with Gasteiger partial charge in [0.15, 0.2) is 0 Å². The molecule has 11 aromatic rings. The van der Waals surface area contributed by atoms with Crippen molar-refractivity contribution in [1.29, 1.82) is 0 Å². The van der Waals surface area contributed by atoms with Gasteiger partial charge in [0, 0.05) is 34.1 Å². The van der Waals surface area contributed by atoms with Gasteiger partial charge in [0.2, 0.25) is 0 Å². The van der Waals surface area contributed by atoms with Crippen LogP contribution in [-0.4, -0.2) is 0 Å². The second kappa shape index (κ2) is 14.9. The van der Waals surface area contributed by atoms with E-state index in [1.807, 2.05) is 0 Å². The van der Waals surface area contributed by atoms with Gasteiger partial charge in [0.1, 0.15) is 0 Å². The van der Waals surface area contributed by atoms with E-state index in [1.165, 1.54) is 99.1 Å². The monoisotopic (exact) mass is 856 g/mol. The zero-order chi connectivity index (χ0) is 45.0. The summed E-state index contributed by atoms with van der Waals surface area (Å²) in [5.74, 6) is 0. The maximum Gasteiger partial charge on any atom is 0.0726 e. The highest BCUT2D eigenvalue weighted by molar-refractivity contribution is 6.09. The Morgan fingerprint density at radius 2 is 0.731 bits per heavy atom. The highest BCUT2D eigenvalue weighted by Crippen LogP contribution is 2.65. The van der Waals surface area contributed by atoms with Crippen LogP contribution < -0.4 is 9.80 Å². The molecule has 0 heterocycles. The Kier molecular flexibility index (Phi) is 8.73. The van der Waals surface area contributed by atoms with E-state index in [4.69, 9.17) is 0 Å². The number of benzene rings is 11. The largest absolute Gasteiger partial charge is 0.310 e. The van der Waals surface area contributed by atoms with E-state index in [9.17, 15) is 0 Å². The topological polar surface area (TPSA) is 6.48 Å². The lowest BCUT2D eigenvalue weighted by atomic mass is 9.70. The van der Waals surface area contributed by atoms with Crippen LogP contribution >= 0.6 is 0 Å². The lowest BCUT2D eigenvalue weighted by Crippen LogP contribution is -2.26. The Morgan fingerprint density at radius 3 is 1.28 bits per heavy atom. The highest BCUT2D eigenvalue weighted by Gasteiger charge is 2.52. The summed E-state index contributed by atoms with van der Waals surface area (Å²) < 4.78 is 0. The summed E-state index contributed by atoms with van der Waals surface area (Å²) in [5, 5.41) is 7.45. The average molecular weight is 857 g/mol. The number of nitrogens with zero attached hydrogens (tertiary/aromatic N) is 2. The van der Waals surface area contributed by atoms with Crippen molar-refractivity contribution in [3.63, 3.8) is 0 Å². The van der Waals surface area contributed by atoms with Gasteiger partial charge in [-0.3, -0.25) is 0 Å². The zero-order valence-corrected chi connectivity index (χ0v) is 38.2. The smallest absolute Gasteiger partial charge is 0.0726 e. The lowest BCUT2D eigenvalue weighted by molar-refractivity contribution is 0.797. The number of fused-ring (bicyclic) bond motifs is 14.